The summed E-state index contributed by atoms with van der Waals surface area (Å²) in [6.45, 7) is 6.10. The van der Waals surface area contributed by atoms with E-state index in [2.05, 4.69) is 16.0 Å². The Labute approximate surface area is 163 Å². The zero-order valence-electron chi connectivity index (χ0n) is 16.0. The predicted molar refractivity (Wildman–Crippen MR) is 107 cm³/mol. The van der Waals surface area contributed by atoms with Crippen LogP contribution >= 0.6 is 0 Å². The van der Waals surface area contributed by atoms with Gasteiger partial charge in [0, 0.05) is 31.4 Å². The molecule has 28 heavy (non-hydrogen) atoms. The van der Waals surface area contributed by atoms with E-state index in [0.29, 0.717) is 6.42 Å². The molecule has 0 unspecified atom stereocenters. The van der Waals surface area contributed by atoms with E-state index in [-0.39, 0.29) is 17.4 Å². The Balaban J connectivity index is 1.77. The monoisotopic (exact) mass is 381 g/mol. The molecule has 0 saturated carbocycles. The number of primary amides is 1. The fraction of sp³-hybridized carbons (Fsp3) is 0.364. The molecule has 0 radical (unpaired) electrons. The Morgan fingerprint density at radius 2 is 2.07 bits per heavy atom. The van der Waals surface area contributed by atoms with Crippen molar-refractivity contribution < 1.29 is 13.9 Å². The van der Waals surface area contributed by atoms with Crippen LogP contribution in [0.15, 0.2) is 42.2 Å². The molecule has 2 heterocycles. The molecular weight excluding hydrogens is 357 g/mol. The van der Waals surface area contributed by atoms with Gasteiger partial charge >= 0.3 is 0 Å². The van der Waals surface area contributed by atoms with E-state index in [4.69, 9.17) is 10.5 Å². The van der Waals surface area contributed by atoms with Crippen molar-refractivity contribution in [1.29, 1.82) is 0 Å². The molecule has 6 heteroatoms. The molecule has 5 nitrogen and oxygen atoms in total. The Morgan fingerprint density at radius 3 is 2.79 bits per heavy atom. The largest absolute Gasteiger partial charge is 0.379 e. The minimum atomic E-state index is -0.562. The number of aromatic nitrogens is 1. The molecule has 1 aromatic carbocycles. The first-order chi connectivity index (χ1) is 13.5. The maximum Gasteiger partial charge on any atom is 0.267 e. The van der Waals surface area contributed by atoms with Crippen molar-refractivity contribution in [3.05, 3.63) is 59.1 Å². The van der Waals surface area contributed by atoms with Gasteiger partial charge in [0.1, 0.15) is 11.5 Å². The third kappa shape index (κ3) is 3.84. The summed E-state index contributed by atoms with van der Waals surface area (Å²) < 4.78 is 19.0. The summed E-state index contributed by atoms with van der Waals surface area (Å²) in [6.07, 6.45) is 3.65. The van der Waals surface area contributed by atoms with Gasteiger partial charge in [-0.3, -0.25) is 9.69 Å². The van der Waals surface area contributed by atoms with Gasteiger partial charge in [-0.25, -0.2) is 9.37 Å². The summed E-state index contributed by atoms with van der Waals surface area (Å²) in [6, 6.07) is 7.88. The fourth-order valence-corrected chi connectivity index (χ4v) is 3.93. The number of allylic oxidation sites excluding steroid dienone is 4. The number of rotatable bonds is 4. The first-order valence-corrected chi connectivity index (χ1v) is 9.61. The van der Waals surface area contributed by atoms with Gasteiger partial charge < -0.3 is 10.5 Å². The zero-order chi connectivity index (χ0) is 19.7. The van der Waals surface area contributed by atoms with Gasteiger partial charge in [-0.1, -0.05) is 25.1 Å². The van der Waals surface area contributed by atoms with Crippen LogP contribution in [0.3, 0.4) is 0 Å². The van der Waals surface area contributed by atoms with Gasteiger partial charge in [-0.15, -0.1) is 0 Å². The molecule has 0 spiro atoms. The van der Waals surface area contributed by atoms with Crippen LogP contribution in [0.2, 0.25) is 0 Å². The molecule has 1 atom stereocenters. The average molecular weight is 381 g/mol. The third-order valence-corrected chi connectivity index (χ3v) is 5.42. The highest BCUT2D eigenvalue weighted by molar-refractivity contribution is 5.99. The molecule has 2 N–H and O–H groups in total. The second kappa shape index (κ2) is 7.81. The zero-order valence-corrected chi connectivity index (χ0v) is 16.0. The Morgan fingerprint density at radius 1 is 1.29 bits per heavy atom. The quantitative estimate of drug-likeness (QED) is 0.881. The predicted octanol–water partition coefficient (Wildman–Crippen LogP) is 3.44. The third-order valence-electron chi connectivity index (χ3n) is 5.42. The standard InChI is InChI=1S/C22H24FN3O2/c1-14-10-16(23)3-5-17(14)19-12-21(22(24)27)25-20-11-15(2-4-18(19)20)13-26-6-8-28-9-7-26/h2-5,11-12,14H,6-10,13H2,1H3,(H2,24,27)/t14-/m1/s1. The molecule has 1 amide bonds. The summed E-state index contributed by atoms with van der Waals surface area (Å²) in [5.41, 5.74) is 9.52. The smallest absolute Gasteiger partial charge is 0.267 e. The molecule has 1 aliphatic heterocycles. The van der Waals surface area contributed by atoms with Crippen LogP contribution in [0.25, 0.3) is 16.5 Å². The highest BCUT2D eigenvalue weighted by atomic mass is 19.1. The van der Waals surface area contributed by atoms with Crippen LogP contribution in [-0.4, -0.2) is 42.1 Å². The average Bonchev–Trinajstić information content (AvgIpc) is 2.68. The lowest BCUT2D eigenvalue weighted by molar-refractivity contribution is 0.0342. The summed E-state index contributed by atoms with van der Waals surface area (Å²) in [7, 11) is 0. The van der Waals surface area contributed by atoms with Crippen molar-refractivity contribution in [2.75, 3.05) is 26.3 Å². The number of amides is 1. The van der Waals surface area contributed by atoms with Gasteiger partial charge in [0.2, 0.25) is 0 Å². The van der Waals surface area contributed by atoms with E-state index in [9.17, 15) is 9.18 Å². The van der Waals surface area contributed by atoms with Crippen LogP contribution < -0.4 is 5.73 Å². The summed E-state index contributed by atoms with van der Waals surface area (Å²) in [5, 5.41) is 0.949. The molecular formula is C22H24FN3O2. The van der Waals surface area contributed by atoms with Crippen molar-refractivity contribution in [2.24, 2.45) is 11.7 Å². The Bertz CT molecular complexity index is 977. The summed E-state index contributed by atoms with van der Waals surface area (Å²) in [4.78, 5) is 18.7. The molecule has 4 rings (SSSR count). The van der Waals surface area contributed by atoms with E-state index in [1.54, 1.807) is 12.1 Å². The number of morpholine rings is 1. The van der Waals surface area contributed by atoms with Gasteiger partial charge in [0.25, 0.3) is 5.91 Å². The molecule has 0 bridgehead atoms. The number of pyridine rings is 1. The van der Waals surface area contributed by atoms with Crippen LogP contribution in [0.1, 0.15) is 35.0 Å². The molecule has 1 fully saturated rings. The van der Waals surface area contributed by atoms with Gasteiger partial charge in [-0.05, 0) is 40.8 Å². The SMILES string of the molecule is C[C@@H]1CC(F)=CC=C1c1cc(C(N)=O)nc2cc(CN3CCOCC3)ccc12. The number of fused-ring (bicyclic) bond motifs is 1. The summed E-state index contributed by atoms with van der Waals surface area (Å²) >= 11 is 0. The normalized spacial score (nSPS) is 20.7. The van der Waals surface area contributed by atoms with Gasteiger partial charge in [0.05, 0.1) is 18.7 Å². The molecule has 146 valence electrons. The lowest BCUT2D eigenvalue weighted by Gasteiger charge is -2.26. The van der Waals surface area contributed by atoms with Crippen molar-refractivity contribution in [1.82, 2.24) is 9.88 Å². The second-order valence-corrected chi connectivity index (χ2v) is 7.50. The van der Waals surface area contributed by atoms with Crippen LogP contribution in [-0.2, 0) is 11.3 Å². The number of halogens is 1. The number of ether oxygens (including phenoxy) is 1. The molecule has 1 saturated heterocycles. The Hall–Kier alpha value is -2.57. The maximum absolute atomic E-state index is 13.6. The number of carbonyl (C=O) groups is 1. The van der Waals surface area contributed by atoms with Gasteiger partial charge in [0.15, 0.2) is 0 Å². The van der Waals surface area contributed by atoms with E-state index in [1.807, 2.05) is 19.1 Å². The lowest BCUT2D eigenvalue weighted by atomic mass is 9.85. The number of nitrogens with zero attached hydrogens (tertiary/aromatic N) is 2. The van der Waals surface area contributed by atoms with E-state index >= 15 is 0 Å². The molecule has 2 aliphatic rings. The van der Waals surface area contributed by atoms with Crippen molar-refractivity contribution in [2.45, 2.75) is 19.9 Å². The second-order valence-electron chi connectivity index (χ2n) is 7.50. The fourth-order valence-electron chi connectivity index (χ4n) is 3.93. The van der Waals surface area contributed by atoms with Gasteiger partial charge in [-0.2, -0.15) is 0 Å². The van der Waals surface area contributed by atoms with Crippen molar-refractivity contribution in [3.63, 3.8) is 0 Å². The first-order valence-electron chi connectivity index (χ1n) is 9.61. The first kappa shape index (κ1) is 18.8. The number of hydrogen-bond donors (Lipinski definition) is 1. The topological polar surface area (TPSA) is 68.5 Å². The lowest BCUT2D eigenvalue weighted by Crippen LogP contribution is -2.35. The highest BCUT2D eigenvalue weighted by Crippen LogP contribution is 2.36. The summed E-state index contributed by atoms with van der Waals surface area (Å²) in [5.74, 6) is -0.672. The molecule has 1 aromatic heterocycles. The number of hydrogen-bond acceptors (Lipinski definition) is 4. The van der Waals surface area contributed by atoms with E-state index in [0.717, 1.165) is 60.5 Å². The number of benzene rings is 1. The van der Waals surface area contributed by atoms with Crippen LogP contribution in [0, 0.1) is 5.92 Å². The molecule has 2 aromatic rings. The molecule has 1 aliphatic carbocycles. The Kier molecular flexibility index (Phi) is 5.24. The van der Waals surface area contributed by atoms with Crippen molar-refractivity contribution in [3.8, 4) is 0 Å². The maximum atomic E-state index is 13.6. The minimum absolute atomic E-state index is 0.0179. The number of carbonyl (C=O) groups excluding carboxylic acids is 1. The minimum Gasteiger partial charge on any atom is -0.379 e. The van der Waals surface area contributed by atoms with E-state index in [1.165, 1.54) is 6.08 Å². The van der Waals surface area contributed by atoms with E-state index < -0.39 is 5.91 Å². The highest BCUT2D eigenvalue weighted by Gasteiger charge is 2.21. The van der Waals surface area contributed by atoms with Crippen LogP contribution in [0.4, 0.5) is 4.39 Å². The number of nitrogens with two attached hydrogens (primary N) is 1. The van der Waals surface area contributed by atoms with Crippen molar-refractivity contribution >= 4 is 22.4 Å². The van der Waals surface area contributed by atoms with Crippen LogP contribution in [0.5, 0.6) is 0 Å².